The molecule has 6 nitrogen and oxygen atoms in total. The predicted molar refractivity (Wildman–Crippen MR) is 121 cm³/mol. The summed E-state index contributed by atoms with van der Waals surface area (Å²) in [5.41, 5.74) is 5.84. The van der Waals surface area contributed by atoms with E-state index in [0.29, 0.717) is 6.54 Å². The maximum atomic E-state index is 5.63. The second-order valence-electron chi connectivity index (χ2n) is 8.11. The Labute approximate surface area is 180 Å². The summed E-state index contributed by atoms with van der Waals surface area (Å²) in [7, 11) is 5.95. The Hall–Kier alpha value is -2.70. The Morgan fingerprint density at radius 3 is 2.43 bits per heavy atom. The molecule has 0 aliphatic carbocycles. The van der Waals surface area contributed by atoms with Crippen LogP contribution in [0, 0.1) is 13.8 Å². The van der Waals surface area contributed by atoms with E-state index in [-0.39, 0.29) is 0 Å². The number of rotatable bonds is 10. The molecule has 1 aromatic carbocycles. The average molecular weight is 408 g/mol. The molecule has 0 atom stereocenters. The molecule has 30 heavy (non-hydrogen) atoms. The lowest BCUT2D eigenvalue weighted by Gasteiger charge is -2.25. The molecular weight excluding hydrogens is 374 g/mol. The van der Waals surface area contributed by atoms with Crippen molar-refractivity contribution in [2.75, 3.05) is 34.3 Å². The van der Waals surface area contributed by atoms with Gasteiger partial charge in [-0.15, -0.1) is 0 Å². The second-order valence-corrected chi connectivity index (χ2v) is 8.11. The lowest BCUT2D eigenvalue weighted by atomic mass is 10.1. The Morgan fingerprint density at radius 2 is 1.80 bits per heavy atom. The SMILES string of the molecule is COc1ccc(CN(CCN(C)C)Cc2cccnc2)cc1Cn1nc(C)cc1C. The van der Waals surface area contributed by atoms with Gasteiger partial charge in [0, 0.05) is 49.8 Å². The van der Waals surface area contributed by atoms with Gasteiger partial charge in [-0.25, -0.2) is 0 Å². The number of pyridine rings is 1. The van der Waals surface area contributed by atoms with Crippen LogP contribution in [0.1, 0.15) is 28.1 Å². The van der Waals surface area contributed by atoms with E-state index in [0.717, 1.165) is 48.9 Å². The van der Waals surface area contributed by atoms with Crippen molar-refractivity contribution in [1.82, 2.24) is 24.6 Å². The van der Waals surface area contributed by atoms with Crippen LogP contribution in [0.5, 0.6) is 5.75 Å². The normalized spacial score (nSPS) is 11.4. The van der Waals surface area contributed by atoms with Gasteiger partial charge in [0.25, 0.3) is 0 Å². The lowest BCUT2D eigenvalue weighted by Crippen LogP contribution is -2.31. The number of methoxy groups -OCH3 is 1. The summed E-state index contributed by atoms with van der Waals surface area (Å²) in [4.78, 5) is 8.96. The number of hydrogen-bond donors (Lipinski definition) is 0. The van der Waals surface area contributed by atoms with Gasteiger partial charge in [0.05, 0.1) is 19.3 Å². The maximum absolute atomic E-state index is 5.63. The van der Waals surface area contributed by atoms with Crippen molar-refractivity contribution >= 4 is 0 Å². The third-order valence-electron chi connectivity index (χ3n) is 5.17. The van der Waals surface area contributed by atoms with Gasteiger partial charge in [0.1, 0.15) is 5.75 Å². The van der Waals surface area contributed by atoms with Crippen molar-refractivity contribution in [3.05, 3.63) is 76.9 Å². The standard InChI is InChI=1S/C24H33N5O/c1-19-13-20(2)29(26-19)18-23-14-21(8-9-24(23)30-5)16-28(12-11-27(3)4)17-22-7-6-10-25-15-22/h6-10,13-15H,11-12,16-18H2,1-5H3. The summed E-state index contributed by atoms with van der Waals surface area (Å²) in [5.74, 6) is 0.901. The smallest absolute Gasteiger partial charge is 0.123 e. The molecule has 0 N–H and O–H groups in total. The van der Waals surface area contributed by atoms with Crippen molar-refractivity contribution in [3.63, 3.8) is 0 Å². The molecular formula is C24H33N5O. The van der Waals surface area contributed by atoms with Crippen LogP contribution in [0.3, 0.4) is 0 Å². The van der Waals surface area contributed by atoms with Crippen LogP contribution >= 0.6 is 0 Å². The minimum atomic E-state index is 0.705. The quantitative estimate of drug-likeness (QED) is 0.515. The summed E-state index contributed by atoms with van der Waals surface area (Å²) in [6, 6.07) is 12.7. The first-order chi connectivity index (χ1) is 14.4. The molecule has 0 aliphatic rings. The molecule has 0 saturated heterocycles. The summed E-state index contributed by atoms with van der Waals surface area (Å²) in [6.07, 6.45) is 3.77. The molecule has 0 amide bonds. The van der Waals surface area contributed by atoms with Gasteiger partial charge < -0.3 is 9.64 Å². The van der Waals surface area contributed by atoms with Crippen molar-refractivity contribution in [3.8, 4) is 5.75 Å². The summed E-state index contributed by atoms with van der Waals surface area (Å²) in [5, 5.41) is 4.61. The monoisotopic (exact) mass is 407 g/mol. The van der Waals surface area contributed by atoms with Gasteiger partial charge in [0.15, 0.2) is 0 Å². The highest BCUT2D eigenvalue weighted by Crippen LogP contribution is 2.23. The highest BCUT2D eigenvalue weighted by Gasteiger charge is 2.12. The van der Waals surface area contributed by atoms with E-state index < -0.39 is 0 Å². The van der Waals surface area contributed by atoms with Crippen LogP contribution in [0.15, 0.2) is 48.8 Å². The van der Waals surface area contributed by atoms with E-state index in [4.69, 9.17) is 4.74 Å². The Kier molecular flexibility index (Phi) is 7.60. The molecule has 0 radical (unpaired) electrons. The molecule has 0 spiro atoms. The van der Waals surface area contributed by atoms with E-state index >= 15 is 0 Å². The molecule has 2 heterocycles. The van der Waals surface area contributed by atoms with E-state index in [1.54, 1.807) is 7.11 Å². The molecule has 2 aromatic heterocycles. The van der Waals surface area contributed by atoms with Crippen LogP contribution in [0.2, 0.25) is 0 Å². The molecule has 3 aromatic rings. The van der Waals surface area contributed by atoms with E-state index in [2.05, 4.69) is 71.2 Å². The van der Waals surface area contributed by atoms with E-state index in [9.17, 15) is 0 Å². The van der Waals surface area contributed by atoms with E-state index in [1.165, 1.54) is 11.1 Å². The highest BCUT2D eigenvalue weighted by molar-refractivity contribution is 5.37. The van der Waals surface area contributed by atoms with Crippen molar-refractivity contribution in [2.45, 2.75) is 33.5 Å². The Bertz CT molecular complexity index is 936. The summed E-state index contributed by atoms with van der Waals surface area (Å²) >= 11 is 0. The zero-order valence-electron chi connectivity index (χ0n) is 18.8. The zero-order valence-corrected chi connectivity index (χ0v) is 18.8. The Morgan fingerprint density at radius 1 is 1.00 bits per heavy atom. The minimum Gasteiger partial charge on any atom is -0.496 e. The first-order valence-electron chi connectivity index (χ1n) is 10.4. The van der Waals surface area contributed by atoms with Crippen molar-refractivity contribution in [1.29, 1.82) is 0 Å². The number of aromatic nitrogens is 3. The van der Waals surface area contributed by atoms with Crippen molar-refractivity contribution in [2.24, 2.45) is 0 Å². The number of nitrogens with zero attached hydrogens (tertiary/aromatic N) is 5. The molecule has 0 aliphatic heterocycles. The number of aryl methyl sites for hydroxylation is 2. The zero-order chi connectivity index (χ0) is 21.5. The van der Waals surface area contributed by atoms with Crippen LogP contribution in [0.25, 0.3) is 0 Å². The topological polar surface area (TPSA) is 46.4 Å². The second kappa shape index (κ2) is 10.4. The van der Waals surface area contributed by atoms with Crippen molar-refractivity contribution < 1.29 is 4.74 Å². The predicted octanol–water partition coefficient (Wildman–Crippen LogP) is 3.52. The maximum Gasteiger partial charge on any atom is 0.123 e. The van der Waals surface area contributed by atoms with Gasteiger partial charge >= 0.3 is 0 Å². The van der Waals surface area contributed by atoms with Crippen LogP contribution in [0.4, 0.5) is 0 Å². The van der Waals surface area contributed by atoms with Gasteiger partial charge in [0.2, 0.25) is 0 Å². The van der Waals surface area contributed by atoms with Crippen LogP contribution in [-0.2, 0) is 19.6 Å². The number of ether oxygens (including phenoxy) is 1. The lowest BCUT2D eigenvalue weighted by molar-refractivity contribution is 0.226. The van der Waals surface area contributed by atoms with Gasteiger partial charge in [-0.1, -0.05) is 12.1 Å². The highest BCUT2D eigenvalue weighted by atomic mass is 16.5. The van der Waals surface area contributed by atoms with E-state index in [1.807, 2.05) is 30.1 Å². The molecule has 3 rings (SSSR count). The largest absolute Gasteiger partial charge is 0.496 e. The van der Waals surface area contributed by atoms with Crippen LogP contribution < -0.4 is 4.74 Å². The molecule has 0 bridgehead atoms. The fourth-order valence-electron chi connectivity index (χ4n) is 3.61. The average Bonchev–Trinajstić information content (AvgIpc) is 3.04. The molecule has 0 unspecified atom stereocenters. The third-order valence-corrected chi connectivity index (χ3v) is 5.17. The third kappa shape index (κ3) is 6.15. The molecule has 6 heteroatoms. The van der Waals surface area contributed by atoms with Gasteiger partial charge in [-0.2, -0.15) is 5.10 Å². The molecule has 160 valence electrons. The number of hydrogen-bond acceptors (Lipinski definition) is 5. The Balaban J connectivity index is 1.80. The fourth-order valence-corrected chi connectivity index (χ4v) is 3.61. The minimum absolute atomic E-state index is 0.705. The summed E-state index contributed by atoms with van der Waals surface area (Å²) in [6.45, 7) is 8.56. The first-order valence-corrected chi connectivity index (χ1v) is 10.4. The molecule has 0 saturated carbocycles. The summed E-state index contributed by atoms with van der Waals surface area (Å²) < 4.78 is 7.67. The van der Waals surface area contributed by atoms with Crippen LogP contribution in [-0.4, -0.2) is 58.9 Å². The molecule has 0 fully saturated rings. The first kappa shape index (κ1) is 22.0. The van der Waals surface area contributed by atoms with Gasteiger partial charge in [-0.05, 0) is 63.3 Å². The fraction of sp³-hybridized carbons (Fsp3) is 0.417. The number of likely N-dealkylation sites (N-methyl/N-ethyl adjacent to an activating group) is 1. The number of benzene rings is 1. The van der Waals surface area contributed by atoms with Gasteiger partial charge in [-0.3, -0.25) is 14.6 Å².